The molecular formula is C4H6Cl4S2. The Morgan fingerprint density at radius 2 is 1.90 bits per heavy atom. The SMILES string of the molecule is CSCC(Cl)SC(Cl)(Cl)Cl. The van der Waals surface area contributed by atoms with Gasteiger partial charge in [0.15, 0.2) is 0 Å². The van der Waals surface area contributed by atoms with E-state index in [1.54, 1.807) is 11.8 Å². The van der Waals surface area contributed by atoms with Crippen molar-refractivity contribution >= 4 is 69.9 Å². The number of alkyl halides is 4. The molecular weight excluding hydrogens is 254 g/mol. The third-order valence-electron chi connectivity index (χ3n) is 0.559. The fraction of sp³-hybridized carbons (Fsp3) is 1.00. The van der Waals surface area contributed by atoms with Crippen molar-refractivity contribution < 1.29 is 0 Å². The lowest BCUT2D eigenvalue weighted by molar-refractivity contribution is 1.42. The number of hydrogen-bond donors (Lipinski definition) is 0. The zero-order chi connectivity index (χ0) is 8.20. The molecule has 62 valence electrons. The minimum absolute atomic E-state index is 0.137. The van der Waals surface area contributed by atoms with Crippen molar-refractivity contribution in [3.8, 4) is 0 Å². The van der Waals surface area contributed by atoms with Crippen LogP contribution in [0.2, 0.25) is 0 Å². The second-order valence-electron chi connectivity index (χ2n) is 1.43. The third kappa shape index (κ3) is 7.96. The van der Waals surface area contributed by atoms with Crippen molar-refractivity contribution in [3.63, 3.8) is 0 Å². The lowest BCUT2D eigenvalue weighted by Gasteiger charge is -2.13. The molecule has 0 heterocycles. The van der Waals surface area contributed by atoms with Crippen LogP contribution in [0.15, 0.2) is 0 Å². The van der Waals surface area contributed by atoms with E-state index in [0.717, 1.165) is 17.5 Å². The van der Waals surface area contributed by atoms with Crippen LogP contribution in [0.25, 0.3) is 0 Å². The Labute approximate surface area is 89.3 Å². The molecule has 0 bridgehead atoms. The lowest BCUT2D eigenvalue weighted by Crippen LogP contribution is -2.04. The first kappa shape index (κ1) is 11.9. The fourth-order valence-corrected chi connectivity index (χ4v) is 3.70. The summed E-state index contributed by atoms with van der Waals surface area (Å²) in [4.78, 5) is 0. The van der Waals surface area contributed by atoms with Gasteiger partial charge in [-0.2, -0.15) is 11.8 Å². The maximum atomic E-state index is 5.75. The first-order valence-electron chi connectivity index (χ1n) is 2.33. The molecule has 0 saturated carbocycles. The molecule has 0 N–H and O–H groups in total. The van der Waals surface area contributed by atoms with Crippen LogP contribution >= 0.6 is 69.9 Å². The summed E-state index contributed by atoms with van der Waals surface area (Å²) in [7, 11) is 0. The molecule has 0 aliphatic carbocycles. The van der Waals surface area contributed by atoms with Crippen LogP contribution in [-0.2, 0) is 0 Å². The number of rotatable bonds is 3. The van der Waals surface area contributed by atoms with Crippen molar-refractivity contribution in [2.75, 3.05) is 12.0 Å². The van der Waals surface area contributed by atoms with Gasteiger partial charge in [-0.15, -0.1) is 11.6 Å². The quantitative estimate of drug-likeness (QED) is 0.704. The van der Waals surface area contributed by atoms with Crippen molar-refractivity contribution in [2.45, 2.75) is 7.83 Å². The van der Waals surface area contributed by atoms with Gasteiger partial charge in [-0.25, -0.2) is 0 Å². The average molecular weight is 260 g/mol. The number of halogens is 4. The molecule has 0 fully saturated rings. The first-order valence-corrected chi connectivity index (χ1v) is 6.17. The van der Waals surface area contributed by atoms with Gasteiger partial charge < -0.3 is 0 Å². The monoisotopic (exact) mass is 258 g/mol. The van der Waals surface area contributed by atoms with Gasteiger partial charge in [-0.3, -0.25) is 0 Å². The molecule has 0 rings (SSSR count). The zero-order valence-electron chi connectivity index (χ0n) is 5.11. The Morgan fingerprint density at radius 1 is 1.40 bits per heavy atom. The zero-order valence-corrected chi connectivity index (χ0v) is 9.77. The van der Waals surface area contributed by atoms with Gasteiger partial charge >= 0.3 is 0 Å². The van der Waals surface area contributed by atoms with E-state index in [9.17, 15) is 0 Å². The van der Waals surface area contributed by atoms with Gasteiger partial charge in [0, 0.05) is 5.75 Å². The standard InChI is InChI=1S/C4H6Cl4S2/c1-9-2-3(5)10-4(6,7)8/h3H,2H2,1H3. The van der Waals surface area contributed by atoms with Gasteiger partial charge in [0.1, 0.15) is 0 Å². The average Bonchev–Trinajstić information content (AvgIpc) is 1.59. The molecule has 0 amide bonds. The molecule has 0 aromatic heterocycles. The topological polar surface area (TPSA) is 0 Å². The van der Waals surface area contributed by atoms with Crippen LogP contribution in [0.5, 0.6) is 0 Å². The number of thioether (sulfide) groups is 2. The largest absolute Gasteiger partial charge is 0.238 e. The molecule has 0 aliphatic rings. The Bertz CT molecular complexity index is 91.7. The van der Waals surface area contributed by atoms with Gasteiger partial charge in [-0.1, -0.05) is 46.6 Å². The highest BCUT2D eigenvalue weighted by atomic mass is 35.6. The lowest BCUT2D eigenvalue weighted by atomic mass is 10.9. The van der Waals surface area contributed by atoms with Crippen LogP contribution in [0, 0.1) is 0 Å². The predicted molar refractivity (Wildman–Crippen MR) is 55.9 cm³/mol. The summed E-state index contributed by atoms with van der Waals surface area (Å²) in [5.74, 6) is 0.778. The van der Waals surface area contributed by atoms with E-state index in [4.69, 9.17) is 46.4 Å². The van der Waals surface area contributed by atoms with Gasteiger partial charge in [0.25, 0.3) is 0 Å². The summed E-state index contributed by atoms with van der Waals surface area (Å²) in [6.07, 6.45) is 1.95. The van der Waals surface area contributed by atoms with E-state index < -0.39 is 3.12 Å². The third-order valence-corrected chi connectivity index (χ3v) is 3.53. The molecule has 1 unspecified atom stereocenters. The van der Waals surface area contributed by atoms with Crippen LogP contribution in [0.1, 0.15) is 0 Å². The molecule has 0 spiro atoms. The fourth-order valence-electron chi connectivity index (χ4n) is 0.310. The maximum Gasteiger partial charge on any atom is 0.238 e. The van der Waals surface area contributed by atoms with Crippen molar-refractivity contribution in [3.05, 3.63) is 0 Å². The van der Waals surface area contributed by atoms with Crippen molar-refractivity contribution in [2.24, 2.45) is 0 Å². The van der Waals surface area contributed by atoms with Crippen molar-refractivity contribution in [1.82, 2.24) is 0 Å². The summed E-state index contributed by atoms with van der Waals surface area (Å²) >= 11 is 24.9. The Balaban J connectivity index is 3.47. The van der Waals surface area contributed by atoms with Crippen LogP contribution in [0.3, 0.4) is 0 Å². The Morgan fingerprint density at radius 3 is 2.20 bits per heavy atom. The summed E-state index contributed by atoms with van der Waals surface area (Å²) in [5, 5.41) is 0. The summed E-state index contributed by atoms with van der Waals surface area (Å²) in [6.45, 7) is 0. The van der Waals surface area contributed by atoms with Gasteiger partial charge in [-0.05, 0) is 6.26 Å². The van der Waals surface area contributed by atoms with Crippen molar-refractivity contribution in [1.29, 1.82) is 0 Å². The second kappa shape index (κ2) is 5.50. The van der Waals surface area contributed by atoms with E-state index in [1.165, 1.54) is 0 Å². The molecule has 0 aromatic rings. The maximum absolute atomic E-state index is 5.75. The predicted octanol–water partition coefficient (Wildman–Crippen LogP) is 3.98. The molecule has 0 aliphatic heterocycles. The molecule has 0 nitrogen and oxygen atoms in total. The second-order valence-corrected chi connectivity index (χ2v) is 7.50. The molecule has 10 heavy (non-hydrogen) atoms. The van der Waals surface area contributed by atoms with Crippen LogP contribution in [-0.4, -0.2) is 19.8 Å². The summed E-state index contributed by atoms with van der Waals surface area (Å²) in [5.41, 5.74) is 0. The van der Waals surface area contributed by atoms with E-state index >= 15 is 0 Å². The number of hydrogen-bond acceptors (Lipinski definition) is 2. The van der Waals surface area contributed by atoms with E-state index in [0.29, 0.717) is 0 Å². The van der Waals surface area contributed by atoms with Crippen LogP contribution < -0.4 is 0 Å². The molecule has 6 heteroatoms. The normalized spacial score (nSPS) is 15.3. The molecule has 0 radical (unpaired) electrons. The summed E-state index contributed by atoms with van der Waals surface area (Å²) < 4.78 is -1.43. The molecule has 0 saturated heterocycles. The van der Waals surface area contributed by atoms with E-state index in [-0.39, 0.29) is 4.71 Å². The molecule has 0 aromatic carbocycles. The highest BCUT2D eigenvalue weighted by molar-refractivity contribution is 8.07. The smallest absolute Gasteiger partial charge is 0.163 e. The molecule has 1 atom stereocenters. The van der Waals surface area contributed by atoms with E-state index in [2.05, 4.69) is 0 Å². The highest BCUT2D eigenvalue weighted by Crippen LogP contribution is 2.43. The highest BCUT2D eigenvalue weighted by Gasteiger charge is 2.24. The minimum Gasteiger partial charge on any atom is -0.163 e. The van der Waals surface area contributed by atoms with Crippen LogP contribution in [0.4, 0.5) is 0 Å². The first-order chi connectivity index (χ1) is 4.45. The van der Waals surface area contributed by atoms with Gasteiger partial charge in [0.2, 0.25) is 3.12 Å². The van der Waals surface area contributed by atoms with E-state index in [1.807, 2.05) is 6.26 Å². The van der Waals surface area contributed by atoms with Gasteiger partial charge in [0.05, 0.1) is 4.71 Å². The Kier molecular flexibility index (Phi) is 6.52. The summed E-state index contributed by atoms with van der Waals surface area (Å²) in [6, 6.07) is 0. The minimum atomic E-state index is -1.29. The Hall–Kier alpha value is 1.86.